The van der Waals surface area contributed by atoms with Crippen molar-refractivity contribution in [2.24, 2.45) is 17.8 Å². The van der Waals surface area contributed by atoms with E-state index in [1.54, 1.807) is 19.3 Å². The van der Waals surface area contributed by atoms with E-state index < -0.39 is 0 Å². The Morgan fingerprint density at radius 3 is 2.00 bits per heavy atom. The van der Waals surface area contributed by atoms with Gasteiger partial charge in [-0.1, -0.05) is 0 Å². The zero-order chi connectivity index (χ0) is 14.3. The monoisotopic (exact) mass is 327 g/mol. The van der Waals surface area contributed by atoms with Crippen molar-refractivity contribution < 1.29 is 0 Å². The van der Waals surface area contributed by atoms with Gasteiger partial charge in [0.05, 0.1) is 0 Å². The molecule has 0 aromatic carbocycles. The Labute approximate surface area is 142 Å². The minimum atomic E-state index is 0. The molecule has 0 unspecified atom stereocenters. The molecule has 0 aromatic rings. The van der Waals surface area contributed by atoms with E-state index in [9.17, 15) is 0 Å². The maximum Gasteiger partial charge on any atom is 0.0189 e. The zero-order valence-electron chi connectivity index (χ0n) is 14.2. The maximum absolute atomic E-state index is 4.04. The van der Waals surface area contributed by atoms with Gasteiger partial charge in [-0.15, -0.1) is 12.4 Å². The summed E-state index contributed by atoms with van der Waals surface area (Å²) in [5.74, 6) is 3.21. The van der Waals surface area contributed by atoms with Crippen LogP contribution in [0.3, 0.4) is 0 Å². The lowest BCUT2D eigenvalue weighted by Crippen LogP contribution is -2.58. The van der Waals surface area contributed by atoms with Gasteiger partial charge < -0.3 is 15.1 Å². The molecular formula is C18H34ClN3. The fraction of sp³-hybridized carbons (Fsp3) is 1.00. The Morgan fingerprint density at radius 1 is 0.909 bits per heavy atom. The number of rotatable bonds is 5. The topological polar surface area (TPSA) is 18.5 Å². The van der Waals surface area contributed by atoms with Crippen LogP contribution in [-0.2, 0) is 0 Å². The number of nitrogens with zero attached hydrogens (tertiary/aromatic N) is 2. The SMILES string of the molecule is CN1CCN(CCCNC23CC4CC(CC(C4)C2)C3)CC1.Cl. The van der Waals surface area contributed by atoms with E-state index in [4.69, 9.17) is 0 Å². The minimum Gasteiger partial charge on any atom is -0.311 e. The van der Waals surface area contributed by atoms with Crippen molar-refractivity contribution in [3.05, 3.63) is 0 Å². The second-order valence-corrected chi connectivity index (χ2v) is 8.62. The number of halogens is 1. The van der Waals surface area contributed by atoms with Gasteiger partial charge in [0.2, 0.25) is 0 Å². The molecule has 0 atom stereocenters. The van der Waals surface area contributed by atoms with E-state index in [2.05, 4.69) is 22.2 Å². The van der Waals surface area contributed by atoms with Gasteiger partial charge >= 0.3 is 0 Å². The summed E-state index contributed by atoms with van der Waals surface area (Å²) in [6.45, 7) is 7.60. The van der Waals surface area contributed by atoms with Crippen LogP contribution in [0.4, 0.5) is 0 Å². The van der Waals surface area contributed by atoms with E-state index in [1.807, 2.05) is 0 Å². The number of piperazine rings is 1. The summed E-state index contributed by atoms with van der Waals surface area (Å²) in [6, 6.07) is 0. The smallest absolute Gasteiger partial charge is 0.0189 e. The van der Waals surface area contributed by atoms with Crippen LogP contribution >= 0.6 is 12.4 Å². The molecule has 4 aliphatic carbocycles. The van der Waals surface area contributed by atoms with Crippen LogP contribution in [-0.4, -0.2) is 61.7 Å². The summed E-state index contributed by atoms with van der Waals surface area (Å²) in [5, 5.41) is 4.04. The van der Waals surface area contributed by atoms with Gasteiger partial charge in [-0.05, 0) is 82.8 Å². The molecule has 1 aliphatic heterocycles. The van der Waals surface area contributed by atoms with Crippen LogP contribution in [0.2, 0.25) is 0 Å². The molecule has 0 spiro atoms. The lowest BCUT2D eigenvalue weighted by Gasteiger charge is -2.57. The van der Waals surface area contributed by atoms with Crippen LogP contribution < -0.4 is 5.32 Å². The first-order valence-electron chi connectivity index (χ1n) is 9.37. The van der Waals surface area contributed by atoms with Gasteiger partial charge in [-0.25, -0.2) is 0 Å². The molecular weight excluding hydrogens is 294 g/mol. The molecule has 5 rings (SSSR count). The third-order valence-corrected chi connectivity index (χ3v) is 6.79. The van der Waals surface area contributed by atoms with E-state index in [0.717, 1.165) is 17.8 Å². The van der Waals surface area contributed by atoms with Gasteiger partial charge in [0.25, 0.3) is 0 Å². The predicted molar refractivity (Wildman–Crippen MR) is 94.7 cm³/mol. The average Bonchev–Trinajstić information content (AvgIpc) is 2.44. The zero-order valence-corrected chi connectivity index (χ0v) is 15.0. The molecule has 0 radical (unpaired) electrons. The highest BCUT2D eigenvalue weighted by atomic mass is 35.5. The number of likely N-dealkylation sites (N-methyl/N-ethyl adjacent to an activating group) is 1. The number of hydrogen-bond donors (Lipinski definition) is 1. The Morgan fingerprint density at radius 2 is 1.45 bits per heavy atom. The molecule has 0 aromatic heterocycles. The second kappa shape index (κ2) is 6.96. The predicted octanol–water partition coefficient (Wildman–Crippen LogP) is 2.60. The van der Waals surface area contributed by atoms with Gasteiger partial charge in [-0.3, -0.25) is 0 Å². The number of nitrogens with one attached hydrogen (secondary N) is 1. The largest absolute Gasteiger partial charge is 0.311 e. The molecule has 1 saturated heterocycles. The molecule has 3 nitrogen and oxygen atoms in total. The van der Waals surface area contributed by atoms with Crippen molar-refractivity contribution in [1.29, 1.82) is 0 Å². The molecule has 1 N–H and O–H groups in total. The number of hydrogen-bond acceptors (Lipinski definition) is 3. The van der Waals surface area contributed by atoms with E-state index >= 15 is 0 Å². The Kier molecular flexibility index (Phi) is 5.38. The summed E-state index contributed by atoms with van der Waals surface area (Å²) in [7, 11) is 2.24. The Bertz CT molecular complexity index is 330. The maximum atomic E-state index is 4.04. The average molecular weight is 328 g/mol. The fourth-order valence-electron chi connectivity index (χ4n) is 6.05. The van der Waals surface area contributed by atoms with Crippen LogP contribution in [0.1, 0.15) is 44.9 Å². The Hall–Kier alpha value is 0.170. The van der Waals surface area contributed by atoms with Crippen LogP contribution in [0, 0.1) is 17.8 Å². The first-order chi connectivity index (χ1) is 10.2. The Balaban J connectivity index is 0.00000144. The van der Waals surface area contributed by atoms with Crippen molar-refractivity contribution in [3.8, 4) is 0 Å². The van der Waals surface area contributed by atoms with Crippen LogP contribution in [0.25, 0.3) is 0 Å². The highest BCUT2D eigenvalue weighted by molar-refractivity contribution is 5.85. The third-order valence-electron chi connectivity index (χ3n) is 6.79. The summed E-state index contributed by atoms with van der Waals surface area (Å²) < 4.78 is 0. The first-order valence-corrected chi connectivity index (χ1v) is 9.37. The molecule has 5 fully saturated rings. The highest BCUT2D eigenvalue weighted by Crippen LogP contribution is 2.55. The summed E-state index contributed by atoms with van der Waals surface area (Å²) in [5.41, 5.74) is 0.566. The van der Waals surface area contributed by atoms with Crippen molar-refractivity contribution >= 4 is 12.4 Å². The van der Waals surface area contributed by atoms with E-state index in [-0.39, 0.29) is 12.4 Å². The molecule has 5 aliphatic rings. The molecule has 1 heterocycles. The molecule has 4 bridgehead atoms. The van der Waals surface area contributed by atoms with Gasteiger partial charge in [0.15, 0.2) is 0 Å². The van der Waals surface area contributed by atoms with Crippen molar-refractivity contribution in [1.82, 2.24) is 15.1 Å². The standard InChI is InChI=1S/C18H33N3.ClH/c1-20-5-7-21(8-6-20)4-2-3-19-18-12-15-9-16(13-18)11-17(10-15)14-18;/h15-17,19H,2-14H2,1H3;1H. The molecule has 4 heteroatoms. The normalized spacial score (nSPS) is 41.6. The summed E-state index contributed by atoms with van der Waals surface area (Å²) >= 11 is 0. The van der Waals surface area contributed by atoms with Crippen molar-refractivity contribution in [2.75, 3.05) is 46.3 Å². The van der Waals surface area contributed by atoms with Crippen molar-refractivity contribution in [3.63, 3.8) is 0 Å². The fourth-order valence-corrected chi connectivity index (χ4v) is 6.05. The highest BCUT2D eigenvalue weighted by Gasteiger charge is 2.50. The minimum absolute atomic E-state index is 0. The first kappa shape index (κ1) is 17.0. The third kappa shape index (κ3) is 3.63. The van der Waals surface area contributed by atoms with E-state index in [1.165, 1.54) is 65.0 Å². The molecule has 128 valence electrons. The van der Waals surface area contributed by atoms with E-state index in [0.29, 0.717) is 5.54 Å². The van der Waals surface area contributed by atoms with Crippen LogP contribution in [0.5, 0.6) is 0 Å². The lowest BCUT2D eigenvalue weighted by molar-refractivity contribution is -0.0198. The molecule has 22 heavy (non-hydrogen) atoms. The van der Waals surface area contributed by atoms with Crippen molar-refractivity contribution in [2.45, 2.75) is 50.5 Å². The summed E-state index contributed by atoms with van der Waals surface area (Å²) in [4.78, 5) is 5.10. The molecule has 4 saturated carbocycles. The molecule has 0 amide bonds. The summed E-state index contributed by atoms with van der Waals surface area (Å²) in [6.07, 6.45) is 10.5. The van der Waals surface area contributed by atoms with Gasteiger partial charge in [0.1, 0.15) is 0 Å². The second-order valence-electron chi connectivity index (χ2n) is 8.62. The van der Waals surface area contributed by atoms with Crippen LogP contribution in [0.15, 0.2) is 0 Å². The van der Waals surface area contributed by atoms with Gasteiger partial charge in [-0.2, -0.15) is 0 Å². The van der Waals surface area contributed by atoms with Gasteiger partial charge in [0, 0.05) is 31.7 Å². The quantitative estimate of drug-likeness (QED) is 0.783. The lowest BCUT2D eigenvalue weighted by atomic mass is 9.53.